The zero-order chi connectivity index (χ0) is 43.6. The molecule has 2 aromatic heterocycles. The highest BCUT2D eigenvalue weighted by molar-refractivity contribution is 6.32. The molecule has 0 radical (unpaired) electrons. The van der Waals surface area contributed by atoms with Crippen LogP contribution in [0.15, 0.2) is 117 Å². The summed E-state index contributed by atoms with van der Waals surface area (Å²) in [5.74, 6) is -1.68. The number of fused-ring (bicyclic) bond motifs is 5. The van der Waals surface area contributed by atoms with E-state index in [9.17, 15) is 24.3 Å². The number of hydrogen-bond donors (Lipinski definition) is 1. The van der Waals surface area contributed by atoms with E-state index in [4.69, 9.17) is 25.8 Å². The molecule has 316 valence electrons. The summed E-state index contributed by atoms with van der Waals surface area (Å²) in [5.41, 5.74) is 0.261. The van der Waals surface area contributed by atoms with Crippen LogP contribution in [0, 0.1) is 11.8 Å². The van der Waals surface area contributed by atoms with Gasteiger partial charge < -0.3 is 23.9 Å². The van der Waals surface area contributed by atoms with Crippen molar-refractivity contribution in [3.8, 4) is 23.0 Å². The third kappa shape index (κ3) is 6.09. The van der Waals surface area contributed by atoms with E-state index in [2.05, 4.69) is 4.98 Å². The summed E-state index contributed by atoms with van der Waals surface area (Å²) in [6.45, 7) is -0.158. The molecule has 4 aromatic carbocycles. The molecular weight excluding hydrogens is 816 g/mol. The van der Waals surface area contributed by atoms with Gasteiger partial charge in [0, 0.05) is 43.1 Å². The van der Waals surface area contributed by atoms with Crippen LogP contribution >= 0.6 is 11.6 Å². The van der Waals surface area contributed by atoms with Gasteiger partial charge in [0.1, 0.15) is 5.69 Å². The standard InChI is InChI=1S/C46H41ClN6O9/c1-49-36-25-40(62-4)39(61-3)24-34(36)48-33(42(49)56)18-19-50-44(58)51-20-17-30-31(15-13-26-14-16-37(54)38(21-26)60-2)46(27-9-6-5-7-10-27)32(23-35(30)53(51)45(50)59)41(55)52(43(46)57)29-12-8-11-28(47)22-29/h5-17,21-22,24-25,31-32,35,54H,18-20,23H2,1-4H3/t31-,32-,35+,46-/m0/s1. The number of hydrogen-bond acceptors (Lipinski definition) is 10. The third-order valence-corrected chi connectivity index (χ3v) is 12.7. The number of carbonyl (C=O) groups excluding carboxylic acids is 2. The van der Waals surface area contributed by atoms with Gasteiger partial charge in [-0.3, -0.25) is 14.4 Å². The normalized spacial score (nSPS) is 20.6. The summed E-state index contributed by atoms with van der Waals surface area (Å²) in [6, 6.07) is 23.1. The minimum atomic E-state index is -1.48. The lowest BCUT2D eigenvalue weighted by Crippen LogP contribution is -2.54. The van der Waals surface area contributed by atoms with E-state index >= 15 is 4.79 Å². The van der Waals surface area contributed by atoms with Crippen LogP contribution in [0.1, 0.15) is 29.3 Å². The Labute approximate surface area is 358 Å². The van der Waals surface area contributed by atoms with Gasteiger partial charge in [-0.2, -0.15) is 0 Å². The Kier molecular flexibility index (Phi) is 10.0. The number of allylic oxidation sites excluding steroid dienone is 3. The average molecular weight is 857 g/mol. The first-order valence-corrected chi connectivity index (χ1v) is 20.3. The van der Waals surface area contributed by atoms with E-state index < -0.39 is 52.0 Å². The number of phenolic OH excluding ortho intramolecular Hbond substituents is 1. The summed E-state index contributed by atoms with van der Waals surface area (Å²) >= 11 is 6.42. The average Bonchev–Trinajstić information content (AvgIpc) is 3.67. The van der Waals surface area contributed by atoms with Crippen molar-refractivity contribution in [1.82, 2.24) is 23.5 Å². The van der Waals surface area contributed by atoms with E-state index in [1.165, 1.54) is 46.2 Å². The number of nitrogens with zero attached hydrogens (tertiary/aromatic N) is 6. The van der Waals surface area contributed by atoms with Crippen LogP contribution in [0.5, 0.6) is 23.0 Å². The van der Waals surface area contributed by atoms with Gasteiger partial charge in [0.25, 0.3) is 5.56 Å². The summed E-state index contributed by atoms with van der Waals surface area (Å²) in [7, 11) is 6.05. The fourth-order valence-electron chi connectivity index (χ4n) is 9.58. The van der Waals surface area contributed by atoms with Crippen LogP contribution in [0.3, 0.4) is 0 Å². The predicted molar refractivity (Wildman–Crippen MR) is 231 cm³/mol. The highest BCUT2D eigenvalue weighted by Crippen LogP contribution is 2.59. The molecule has 62 heavy (non-hydrogen) atoms. The monoisotopic (exact) mass is 856 g/mol. The molecule has 16 heteroatoms. The van der Waals surface area contributed by atoms with E-state index in [0.29, 0.717) is 49.9 Å². The van der Waals surface area contributed by atoms with Gasteiger partial charge >= 0.3 is 11.4 Å². The lowest BCUT2D eigenvalue weighted by Gasteiger charge is -2.48. The molecule has 15 nitrogen and oxygen atoms in total. The van der Waals surface area contributed by atoms with Gasteiger partial charge in [0.05, 0.1) is 62.0 Å². The lowest BCUT2D eigenvalue weighted by molar-refractivity contribution is -0.124. The second kappa shape index (κ2) is 15.4. The van der Waals surface area contributed by atoms with Crippen LogP contribution < -0.4 is 36.0 Å². The van der Waals surface area contributed by atoms with Crippen LogP contribution in [-0.4, -0.2) is 61.7 Å². The molecule has 2 amide bonds. The number of rotatable bonds is 10. The summed E-state index contributed by atoms with van der Waals surface area (Å²) in [5, 5.41) is 10.7. The molecule has 3 aliphatic rings. The molecular formula is C46H41ClN6O9. The molecule has 2 fully saturated rings. The van der Waals surface area contributed by atoms with E-state index in [1.54, 1.807) is 61.7 Å². The summed E-state index contributed by atoms with van der Waals surface area (Å²) in [6.07, 6.45) is 5.50. The molecule has 9 rings (SSSR count). The van der Waals surface area contributed by atoms with Gasteiger partial charge in [-0.25, -0.2) is 33.4 Å². The van der Waals surface area contributed by atoms with Crippen molar-refractivity contribution in [1.29, 1.82) is 0 Å². The fourth-order valence-corrected chi connectivity index (χ4v) is 9.77. The maximum absolute atomic E-state index is 15.4. The first kappa shape index (κ1) is 40.3. The zero-order valence-corrected chi connectivity index (χ0v) is 34.9. The Bertz CT molecular complexity index is 3070. The molecule has 2 aliphatic heterocycles. The smallest absolute Gasteiger partial charge is 0.347 e. The number of halogens is 1. The number of amides is 2. The number of aromatic hydroxyl groups is 1. The van der Waals surface area contributed by atoms with Crippen LogP contribution in [0.25, 0.3) is 17.1 Å². The first-order valence-electron chi connectivity index (χ1n) is 19.9. The number of aromatic nitrogens is 5. The van der Waals surface area contributed by atoms with E-state index in [-0.39, 0.29) is 43.1 Å². The summed E-state index contributed by atoms with van der Waals surface area (Å²) in [4.78, 5) is 78.6. The highest BCUT2D eigenvalue weighted by Gasteiger charge is 2.67. The number of methoxy groups -OCH3 is 3. The van der Waals surface area contributed by atoms with E-state index in [0.717, 1.165) is 4.57 Å². The fraction of sp³-hybridized carbons (Fsp3) is 0.261. The zero-order valence-electron chi connectivity index (χ0n) is 34.1. The van der Waals surface area contributed by atoms with Crippen molar-refractivity contribution in [3.05, 3.63) is 156 Å². The number of ether oxygens (including phenoxy) is 3. The number of imide groups is 1. The van der Waals surface area contributed by atoms with Gasteiger partial charge in [-0.1, -0.05) is 72.3 Å². The number of carbonyl (C=O) groups is 2. The SMILES string of the molecule is COc1cc(C=C[C@H]2C3=CCn4c(=O)n(CCc5nc6cc(OC)c(OC)cc6n(C)c5=O)c(=O)n4[C@@H]3C[C@H]3C(=O)N(c4cccc(Cl)c4)C(=O)[C@@]23c2ccccc2)ccc1O. The van der Waals surface area contributed by atoms with E-state index in [1.807, 2.05) is 42.5 Å². The molecule has 0 unspecified atom stereocenters. The molecule has 6 aromatic rings. The largest absolute Gasteiger partial charge is 0.504 e. The van der Waals surface area contributed by atoms with Crippen molar-refractivity contribution in [2.45, 2.75) is 37.4 Å². The van der Waals surface area contributed by atoms with Gasteiger partial charge in [0.2, 0.25) is 11.8 Å². The Morgan fingerprint density at radius 3 is 2.34 bits per heavy atom. The van der Waals surface area contributed by atoms with Crippen molar-refractivity contribution >= 4 is 46.2 Å². The first-order chi connectivity index (χ1) is 29.9. The van der Waals surface area contributed by atoms with Crippen LogP contribution in [0.4, 0.5) is 5.69 Å². The molecule has 1 N–H and O–H groups in total. The molecule has 4 atom stereocenters. The van der Waals surface area contributed by atoms with Crippen molar-refractivity contribution < 1.29 is 28.9 Å². The second-order valence-corrected chi connectivity index (χ2v) is 15.9. The number of anilines is 1. The molecule has 1 saturated heterocycles. The minimum Gasteiger partial charge on any atom is -0.504 e. The quantitative estimate of drug-likeness (QED) is 0.146. The predicted octanol–water partition coefficient (Wildman–Crippen LogP) is 5.03. The van der Waals surface area contributed by atoms with Gasteiger partial charge in [-0.05, 0) is 53.5 Å². The van der Waals surface area contributed by atoms with Crippen LogP contribution in [0.2, 0.25) is 5.02 Å². The topological polar surface area (TPSA) is 169 Å². The maximum atomic E-state index is 15.4. The molecule has 0 spiro atoms. The van der Waals surface area contributed by atoms with Crippen LogP contribution in [-0.2, 0) is 41.6 Å². The van der Waals surface area contributed by atoms with Gasteiger partial charge in [0.15, 0.2) is 23.0 Å². The molecule has 0 bridgehead atoms. The molecule has 4 heterocycles. The van der Waals surface area contributed by atoms with Crippen molar-refractivity contribution in [3.63, 3.8) is 0 Å². The highest BCUT2D eigenvalue weighted by atomic mass is 35.5. The third-order valence-electron chi connectivity index (χ3n) is 12.5. The maximum Gasteiger partial charge on any atom is 0.347 e. The van der Waals surface area contributed by atoms with Gasteiger partial charge in [-0.15, -0.1) is 0 Å². The Morgan fingerprint density at radius 1 is 0.871 bits per heavy atom. The van der Waals surface area contributed by atoms with Crippen molar-refractivity contribution in [2.24, 2.45) is 18.9 Å². The minimum absolute atomic E-state index is 0.00240. The molecule has 1 saturated carbocycles. The molecule has 1 aliphatic carbocycles. The Hall–Kier alpha value is -7.13. The number of benzene rings is 4. The second-order valence-electron chi connectivity index (χ2n) is 15.5. The summed E-state index contributed by atoms with van der Waals surface area (Å²) < 4.78 is 21.5. The Morgan fingerprint density at radius 2 is 1.61 bits per heavy atom. The van der Waals surface area contributed by atoms with Crippen molar-refractivity contribution in [2.75, 3.05) is 26.2 Å². The lowest BCUT2D eigenvalue weighted by atomic mass is 9.54. The Balaban J connectivity index is 1.17. The number of aryl methyl sites for hydroxylation is 2. The number of phenols is 1.